The van der Waals surface area contributed by atoms with Gasteiger partial charge in [0.2, 0.25) is 0 Å². The monoisotopic (exact) mass is 294 g/mol. The van der Waals surface area contributed by atoms with Crippen molar-refractivity contribution in [3.05, 3.63) is 70.8 Å². The molecule has 0 N–H and O–H groups in total. The highest BCUT2D eigenvalue weighted by molar-refractivity contribution is 6.10. The Hall–Kier alpha value is -2.42. The van der Waals surface area contributed by atoms with Crippen LogP contribution in [-0.4, -0.2) is 18.4 Å². The molecule has 0 saturated carbocycles. The molecule has 1 aliphatic carbocycles. The van der Waals surface area contributed by atoms with Crippen LogP contribution in [0.4, 0.5) is 0 Å². The molecule has 2 aromatic carbocycles. The van der Waals surface area contributed by atoms with Gasteiger partial charge in [0.25, 0.3) is 0 Å². The van der Waals surface area contributed by atoms with Crippen LogP contribution in [0.25, 0.3) is 0 Å². The van der Waals surface area contributed by atoms with Crippen LogP contribution in [0, 0.1) is 0 Å². The van der Waals surface area contributed by atoms with E-state index in [0.717, 1.165) is 17.5 Å². The Bertz CT molecular complexity index is 704. The van der Waals surface area contributed by atoms with Gasteiger partial charge in [0, 0.05) is 11.1 Å². The topological polar surface area (TPSA) is 43.4 Å². The molecule has 2 aromatic rings. The first-order valence-electron chi connectivity index (χ1n) is 7.60. The van der Waals surface area contributed by atoms with Gasteiger partial charge in [0.05, 0.1) is 12.5 Å². The minimum atomic E-state index is -0.238. The lowest BCUT2D eigenvalue weighted by Gasteiger charge is -2.11. The Morgan fingerprint density at radius 3 is 2.59 bits per heavy atom. The highest BCUT2D eigenvalue weighted by Crippen LogP contribution is 2.36. The smallest absolute Gasteiger partial charge is 0.313 e. The molecule has 0 radical (unpaired) electrons. The number of fused-ring (bicyclic) bond motifs is 1. The Morgan fingerprint density at radius 1 is 1.09 bits per heavy atom. The average Bonchev–Trinajstić information content (AvgIpc) is 2.99. The Balaban J connectivity index is 1.97. The van der Waals surface area contributed by atoms with Crippen molar-refractivity contribution in [1.82, 2.24) is 0 Å². The van der Waals surface area contributed by atoms with Crippen LogP contribution in [0.15, 0.2) is 48.5 Å². The normalized spacial score (nSPS) is 16.1. The first kappa shape index (κ1) is 14.5. The number of ether oxygens (including phenoxy) is 1. The van der Waals surface area contributed by atoms with Gasteiger partial charge in [0.15, 0.2) is 5.78 Å². The quantitative estimate of drug-likeness (QED) is 0.640. The molecule has 1 atom stereocenters. The van der Waals surface area contributed by atoms with E-state index in [9.17, 15) is 9.59 Å². The van der Waals surface area contributed by atoms with Gasteiger partial charge in [-0.05, 0) is 30.9 Å². The van der Waals surface area contributed by atoms with Crippen LogP contribution in [0.2, 0.25) is 0 Å². The molecule has 0 heterocycles. The van der Waals surface area contributed by atoms with E-state index in [1.165, 1.54) is 0 Å². The highest BCUT2D eigenvalue weighted by Gasteiger charge is 2.32. The van der Waals surface area contributed by atoms with Crippen molar-refractivity contribution in [2.45, 2.75) is 25.7 Å². The summed E-state index contributed by atoms with van der Waals surface area (Å²) in [6.07, 6.45) is 1.46. The molecule has 3 rings (SSSR count). The highest BCUT2D eigenvalue weighted by atomic mass is 16.5. The largest absolute Gasteiger partial charge is 0.466 e. The number of hydrogen-bond acceptors (Lipinski definition) is 3. The van der Waals surface area contributed by atoms with Gasteiger partial charge in [0.1, 0.15) is 0 Å². The first-order valence-corrected chi connectivity index (χ1v) is 7.60. The number of carbonyl (C=O) groups excluding carboxylic acids is 2. The van der Waals surface area contributed by atoms with Crippen molar-refractivity contribution in [2.24, 2.45) is 0 Å². The number of esters is 1. The van der Waals surface area contributed by atoms with E-state index in [4.69, 9.17) is 4.74 Å². The first-order chi connectivity index (χ1) is 10.7. The van der Waals surface area contributed by atoms with E-state index in [1.54, 1.807) is 0 Å². The van der Waals surface area contributed by atoms with Crippen LogP contribution in [-0.2, 0) is 16.0 Å². The summed E-state index contributed by atoms with van der Waals surface area (Å²) in [5.74, 6) is -0.411. The molecule has 1 aliphatic rings. The van der Waals surface area contributed by atoms with Crippen molar-refractivity contribution in [3.8, 4) is 0 Å². The molecule has 0 aromatic heterocycles. The minimum absolute atomic E-state index is 0.0157. The molecule has 0 fully saturated rings. The van der Waals surface area contributed by atoms with Crippen LogP contribution < -0.4 is 0 Å². The summed E-state index contributed by atoms with van der Waals surface area (Å²) < 4.78 is 5.14. The fourth-order valence-electron chi connectivity index (χ4n) is 3.10. The zero-order valence-corrected chi connectivity index (χ0v) is 12.5. The van der Waals surface area contributed by atoms with E-state index in [-0.39, 0.29) is 17.7 Å². The molecule has 1 unspecified atom stereocenters. The standard InChI is InChI=1S/C19H18O3/c1-2-22-19(21)17-12-11-15-14(17)9-6-10-16(15)18(20)13-7-4-3-5-8-13/h3-10,17H,2,11-12H2,1H3. The second kappa shape index (κ2) is 6.14. The summed E-state index contributed by atoms with van der Waals surface area (Å²) in [5, 5.41) is 0. The minimum Gasteiger partial charge on any atom is -0.466 e. The lowest BCUT2D eigenvalue weighted by atomic mass is 9.94. The number of benzene rings is 2. The molecule has 0 amide bonds. The maximum atomic E-state index is 12.7. The summed E-state index contributed by atoms with van der Waals surface area (Å²) in [5.41, 5.74) is 3.32. The van der Waals surface area contributed by atoms with Gasteiger partial charge in [-0.25, -0.2) is 0 Å². The molecule has 0 aliphatic heterocycles. The number of rotatable bonds is 4. The second-order valence-electron chi connectivity index (χ2n) is 5.41. The molecule has 0 saturated heterocycles. The van der Waals surface area contributed by atoms with Gasteiger partial charge in [-0.2, -0.15) is 0 Å². The van der Waals surface area contributed by atoms with Crippen molar-refractivity contribution in [3.63, 3.8) is 0 Å². The van der Waals surface area contributed by atoms with E-state index < -0.39 is 0 Å². The van der Waals surface area contributed by atoms with Crippen LogP contribution in [0.3, 0.4) is 0 Å². The van der Waals surface area contributed by atoms with Gasteiger partial charge < -0.3 is 4.74 Å². The molecule has 0 spiro atoms. The molecular weight excluding hydrogens is 276 g/mol. The molecule has 0 bridgehead atoms. The Labute approximate surface area is 129 Å². The number of hydrogen-bond donors (Lipinski definition) is 0. The third kappa shape index (κ3) is 2.54. The lowest BCUT2D eigenvalue weighted by molar-refractivity contribution is -0.144. The number of ketones is 1. The van der Waals surface area contributed by atoms with Gasteiger partial charge in [-0.3, -0.25) is 9.59 Å². The summed E-state index contributed by atoms with van der Waals surface area (Å²) >= 11 is 0. The third-order valence-electron chi connectivity index (χ3n) is 4.12. The zero-order valence-electron chi connectivity index (χ0n) is 12.5. The second-order valence-corrected chi connectivity index (χ2v) is 5.41. The third-order valence-corrected chi connectivity index (χ3v) is 4.12. The van der Waals surface area contributed by atoms with Crippen LogP contribution >= 0.6 is 0 Å². The van der Waals surface area contributed by atoms with Crippen molar-refractivity contribution >= 4 is 11.8 Å². The molecule has 3 heteroatoms. The Kier molecular flexibility index (Phi) is 4.05. The molecular formula is C19H18O3. The SMILES string of the molecule is CCOC(=O)C1CCc2c(C(=O)c3ccccc3)cccc21. The maximum absolute atomic E-state index is 12.7. The maximum Gasteiger partial charge on any atom is 0.313 e. The molecule has 112 valence electrons. The van der Waals surface area contributed by atoms with Gasteiger partial charge in [-0.15, -0.1) is 0 Å². The van der Waals surface area contributed by atoms with Crippen LogP contribution in [0.1, 0.15) is 46.3 Å². The summed E-state index contributed by atoms with van der Waals surface area (Å²) in [6, 6.07) is 14.9. The fourth-order valence-corrected chi connectivity index (χ4v) is 3.10. The zero-order chi connectivity index (χ0) is 15.5. The molecule has 22 heavy (non-hydrogen) atoms. The van der Waals surface area contributed by atoms with E-state index in [2.05, 4.69) is 0 Å². The Morgan fingerprint density at radius 2 is 1.86 bits per heavy atom. The van der Waals surface area contributed by atoms with Crippen molar-refractivity contribution in [2.75, 3.05) is 6.61 Å². The lowest BCUT2D eigenvalue weighted by Crippen LogP contribution is -2.13. The van der Waals surface area contributed by atoms with Gasteiger partial charge >= 0.3 is 5.97 Å². The molecule has 3 nitrogen and oxygen atoms in total. The van der Waals surface area contributed by atoms with Gasteiger partial charge in [-0.1, -0.05) is 48.5 Å². The average molecular weight is 294 g/mol. The van der Waals surface area contributed by atoms with E-state index in [0.29, 0.717) is 24.2 Å². The predicted molar refractivity (Wildman–Crippen MR) is 84.0 cm³/mol. The fraction of sp³-hybridized carbons (Fsp3) is 0.263. The summed E-state index contributed by atoms with van der Waals surface area (Å²) in [6.45, 7) is 2.19. The van der Waals surface area contributed by atoms with Crippen molar-refractivity contribution < 1.29 is 14.3 Å². The van der Waals surface area contributed by atoms with E-state index in [1.807, 2.05) is 55.5 Å². The number of carbonyl (C=O) groups is 2. The van der Waals surface area contributed by atoms with Crippen molar-refractivity contribution in [1.29, 1.82) is 0 Å². The predicted octanol–water partition coefficient (Wildman–Crippen LogP) is 3.51. The summed E-state index contributed by atoms with van der Waals surface area (Å²) in [7, 11) is 0. The van der Waals surface area contributed by atoms with E-state index >= 15 is 0 Å². The van der Waals surface area contributed by atoms with Crippen LogP contribution in [0.5, 0.6) is 0 Å². The summed E-state index contributed by atoms with van der Waals surface area (Å²) in [4.78, 5) is 24.7.